The number of hydrogen-bond donors (Lipinski definition) is 2. The summed E-state index contributed by atoms with van der Waals surface area (Å²) in [6, 6.07) is 6.72. The zero-order valence-corrected chi connectivity index (χ0v) is 14.2. The van der Waals surface area contributed by atoms with Crippen molar-refractivity contribution in [3.8, 4) is 5.75 Å². The van der Waals surface area contributed by atoms with Crippen LogP contribution in [0.25, 0.3) is 0 Å². The van der Waals surface area contributed by atoms with Gasteiger partial charge in [0.15, 0.2) is 0 Å². The van der Waals surface area contributed by atoms with Crippen LogP contribution in [0.1, 0.15) is 31.3 Å². The zero-order valence-electron chi connectivity index (χ0n) is 13.5. The van der Waals surface area contributed by atoms with Crippen molar-refractivity contribution in [2.45, 2.75) is 26.3 Å². The Morgan fingerprint density at radius 3 is 2.65 bits per heavy atom. The lowest BCUT2D eigenvalue weighted by molar-refractivity contribution is 0.0914. The number of hydrogen-bond acceptors (Lipinski definition) is 5. The Morgan fingerprint density at radius 1 is 1.26 bits per heavy atom. The van der Waals surface area contributed by atoms with Crippen LogP contribution < -0.4 is 15.4 Å². The second-order valence-electron chi connectivity index (χ2n) is 5.94. The van der Waals surface area contributed by atoms with E-state index in [1.165, 1.54) is 6.20 Å². The molecule has 1 aromatic heterocycles. The quantitative estimate of drug-likeness (QED) is 0.896. The minimum Gasteiger partial charge on any atom is -0.495 e. The molecule has 0 unspecified atom stereocenters. The van der Waals surface area contributed by atoms with Gasteiger partial charge < -0.3 is 15.4 Å². The van der Waals surface area contributed by atoms with E-state index in [0.717, 1.165) is 0 Å². The Morgan fingerprint density at radius 2 is 2.00 bits per heavy atom. The molecule has 0 aliphatic heterocycles. The molecule has 1 heterocycles. The molecule has 0 radical (unpaired) electrons. The van der Waals surface area contributed by atoms with Crippen molar-refractivity contribution in [2.75, 3.05) is 12.4 Å². The molecule has 0 spiro atoms. The molecule has 0 atom stereocenters. The van der Waals surface area contributed by atoms with Crippen molar-refractivity contribution in [3.63, 3.8) is 0 Å². The molecule has 0 bridgehead atoms. The van der Waals surface area contributed by atoms with E-state index in [0.29, 0.717) is 16.5 Å². The number of benzene rings is 1. The maximum absolute atomic E-state index is 12.2. The van der Waals surface area contributed by atoms with Gasteiger partial charge in [0.1, 0.15) is 11.4 Å². The van der Waals surface area contributed by atoms with Gasteiger partial charge in [-0.3, -0.25) is 4.79 Å². The summed E-state index contributed by atoms with van der Waals surface area (Å²) in [5.41, 5.74) is 0.554. The summed E-state index contributed by atoms with van der Waals surface area (Å²) in [6.07, 6.45) is 1.52. The van der Waals surface area contributed by atoms with E-state index in [1.54, 1.807) is 31.4 Å². The topological polar surface area (TPSA) is 76.1 Å². The average molecular weight is 335 g/mol. The summed E-state index contributed by atoms with van der Waals surface area (Å²) in [5.74, 6) is 0.621. The normalized spacial score (nSPS) is 11.0. The van der Waals surface area contributed by atoms with Crippen LogP contribution in [0, 0.1) is 0 Å². The molecule has 7 heteroatoms. The second kappa shape index (κ2) is 6.83. The number of halogens is 1. The number of methoxy groups -OCH3 is 1. The van der Waals surface area contributed by atoms with Crippen LogP contribution in [0.3, 0.4) is 0 Å². The van der Waals surface area contributed by atoms with Gasteiger partial charge >= 0.3 is 0 Å². The third-order valence-corrected chi connectivity index (χ3v) is 3.02. The van der Waals surface area contributed by atoms with Crippen molar-refractivity contribution in [3.05, 3.63) is 41.2 Å². The molecule has 0 fully saturated rings. The van der Waals surface area contributed by atoms with Gasteiger partial charge in [-0.15, -0.1) is 0 Å². The van der Waals surface area contributed by atoms with Gasteiger partial charge in [-0.2, -0.15) is 0 Å². The number of aromatic nitrogens is 2. The Labute approximate surface area is 140 Å². The minimum atomic E-state index is -0.341. The van der Waals surface area contributed by atoms with Crippen LogP contribution in [-0.4, -0.2) is 28.5 Å². The van der Waals surface area contributed by atoms with E-state index in [9.17, 15) is 4.79 Å². The van der Waals surface area contributed by atoms with Crippen LogP contribution in [0.2, 0.25) is 5.02 Å². The minimum absolute atomic E-state index is 0.263. The molecule has 1 amide bonds. The van der Waals surface area contributed by atoms with E-state index < -0.39 is 0 Å². The summed E-state index contributed by atoms with van der Waals surface area (Å²) in [6.45, 7) is 5.71. The molecular formula is C16H19ClN4O2. The predicted octanol–water partition coefficient (Wildman–Crippen LogP) is 3.41. The number of nitrogens with zero attached hydrogens (tertiary/aromatic N) is 2. The molecule has 23 heavy (non-hydrogen) atoms. The number of rotatable bonds is 4. The lowest BCUT2D eigenvalue weighted by Crippen LogP contribution is -2.41. The average Bonchev–Trinajstić information content (AvgIpc) is 2.46. The first kappa shape index (κ1) is 17.0. The van der Waals surface area contributed by atoms with Gasteiger partial charge in [0.2, 0.25) is 5.95 Å². The third-order valence-electron chi connectivity index (χ3n) is 2.78. The Balaban J connectivity index is 2.24. The van der Waals surface area contributed by atoms with Crippen molar-refractivity contribution >= 4 is 29.1 Å². The number of ether oxygens (including phenoxy) is 1. The number of nitrogens with one attached hydrogen (secondary N) is 2. The molecule has 2 N–H and O–H groups in total. The Hall–Kier alpha value is -2.34. The Kier molecular flexibility index (Phi) is 5.05. The fourth-order valence-electron chi connectivity index (χ4n) is 1.85. The van der Waals surface area contributed by atoms with E-state index in [1.807, 2.05) is 20.8 Å². The molecule has 6 nitrogen and oxygen atoms in total. The second-order valence-corrected chi connectivity index (χ2v) is 6.38. The lowest BCUT2D eigenvalue weighted by atomic mass is 10.1. The standard InChI is InChI=1S/C16H19ClN4O2/c1-16(2,3)21-14(22)11-7-8-18-15(19-11)20-12-9-10(17)5-6-13(12)23-4/h5-9H,1-4H3,(H,21,22)(H,18,19,20). The summed E-state index contributed by atoms with van der Waals surface area (Å²) in [4.78, 5) is 20.5. The smallest absolute Gasteiger partial charge is 0.270 e. The lowest BCUT2D eigenvalue weighted by Gasteiger charge is -2.20. The van der Waals surface area contributed by atoms with Crippen LogP contribution in [0.15, 0.2) is 30.5 Å². The Bertz CT molecular complexity index is 713. The first-order chi connectivity index (χ1) is 10.8. The van der Waals surface area contributed by atoms with Crippen LogP contribution in [0.5, 0.6) is 5.75 Å². The maximum atomic E-state index is 12.2. The molecule has 0 aliphatic rings. The highest BCUT2D eigenvalue weighted by Gasteiger charge is 2.17. The number of carbonyl (C=O) groups excluding carboxylic acids is 1. The van der Waals surface area contributed by atoms with E-state index >= 15 is 0 Å². The monoisotopic (exact) mass is 334 g/mol. The van der Waals surface area contributed by atoms with Gasteiger partial charge in [0.25, 0.3) is 5.91 Å². The van der Waals surface area contributed by atoms with Crippen molar-refractivity contribution in [2.24, 2.45) is 0 Å². The largest absolute Gasteiger partial charge is 0.495 e. The first-order valence-electron chi connectivity index (χ1n) is 7.04. The molecule has 122 valence electrons. The van der Waals surface area contributed by atoms with Crippen LogP contribution in [0.4, 0.5) is 11.6 Å². The summed E-state index contributed by atoms with van der Waals surface area (Å²) in [7, 11) is 1.56. The van der Waals surface area contributed by atoms with Crippen molar-refractivity contribution in [1.82, 2.24) is 15.3 Å². The molecular weight excluding hydrogens is 316 g/mol. The van der Waals surface area contributed by atoms with Gasteiger partial charge in [-0.1, -0.05) is 11.6 Å². The zero-order chi connectivity index (χ0) is 17.0. The van der Waals surface area contributed by atoms with Crippen LogP contribution in [-0.2, 0) is 0 Å². The molecule has 2 aromatic rings. The van der Waals surface area contributed by atoms with Gasteiger partial charge in [-0.25, -0.2) is 9.97 Å². The summed E-state index contributed by atoms with van der Waals surface area (Å²) in [5, 5.41) is 6.42. The van der Waals surface area contributed by atoms with E-state index in [2.05, 4.69) is 20.6 Å². The summed E-state index contributed by atoms with van der Waals surface area (Å²) >= 11 is 5.99. The van der Waals surface area contributed by atoms with Gasteiger partial charge in [-0.05, 0) is 45.0 Å². The molecule has 0 aliphatic carbocycles. The number of carbonyl (C=O) groups is 1. The predicted molar refractivity (Wildman–Crippen MR) is 90.5 cm³/mol. The van der Waals surface area contributed by atoms with Crippen molar-refractivity contribution < 1.29 is 9.53 Å². The molecule has 0 saturated carbocycles. The highest BCUT2D eigenvalue weighted by molar-refractivity contribution is 6.31. The fraction of sp³-hybridized carbons (Fsp3) is 0.312. The highest BCUT2D eigenvalue weighted by atomic mass is 35.5. The molecule has 0 saturated heterocycles. The summed E-state index contributed by atoms with van der Waals surface area (Å²) < 4.78 is 5.26. The van der Waals surface area contributed by atoms with E-state index in [4.69, 9.17) is 16.3 Å². The third kappa shape index (κ3) is 4.82. The molecule has 1 aromatic carbocycles. The van der Waals surface area contributed by atoms with E-state index in [-0.39, 0.29) is 23.1 Å². The van der Waals surface area contributed by atoms with Crippen molar-refractivity contribution in [1.29, 1.82) is 0 Å². The maximum Gasteiger partial charge on any atom is 0.270 e. The number of amides is 1. The van der Waals surface area contributed by atoms with Crippen LogP contribution >= 0.6 is 11.6 Å². The fourth-order valence-corrected chi connectivity index (χ4v) is 2.02. The molecule has 2 rings (SSSR count). The number of anilines is 2. The van der Waals surface area contributed by atoms with Gasteiger partial charge in [0.05, 0.1) is 12.8 Å². The first-order valence-corrected chi connectivity index (χ1v) is 7.42. The highest BCUT2D eigenvalue weighted by Crippen LogP contribution is 2.29. The SMILES string of the molecule is COc1ccc(Cl)cc1Nc1nccc(C(=O)NC(C)(C)C)n1. The van der Waals surface area contributed by atoms with Gasteiger partial charge in [0, 0.05) is 16.8 Å².